The lowest BCUT2D eigenvalue weighted by Crippen LogP contribution is -2.17. The molecule has 0 amide bonds. The lowest BCUT2D eigenvalue weighted by atomic mass is 10.1. The van der Waals surface area contributed by atoms with E-state index in [2.05, 4.69) is 23.7 Å². The molecular weight excluding hydrogens is 221 g/mol. The zero-order valence-corrected chi connectivity index (χ0v) is 9.93. The molecule has 0 aliphatic heterocycles. The van der Waals surface area contributed by atoms with Gasteiger partial charge >= 0.3 is 0 Å². The van der Waals surface area contributed by atoms with Crippen molar-refractivity contribution in [1.82, 2.24) is 0 Å². The van der Waals surface area contributed by atoms with Crippen molar-refractivity contribution in [2.24, 2.45) is 0 Å². The van der Waals surface area contributed by atoms with Crippen molar-refractivity contribution in [2.45, 2.75) is 19.4 Å². The first-order chi connectivity index (χ1) is 7.74. The molecule has 0 aliphatic rings. The molecule has 3 heteroatoms. The molecule has 0 bridgehead atoms. The largest absolute Gasteiger partial charge is 0.382 e. The number of nitrogens with one attached hydrogen (secondary N) is 1. The molecule has 0 fully saturated rings. The molecule has 0 aliphatic carbocycles. The number of benzene rings is 1. The summed E-state index contributed by atoms with van der Waals surface area (Å²) >= 11 is 1.68. The Labute approximate surface area is 98.9 Å². The van der Waals surface area contributed by atoms with Crippen molar-refractivity contribution in [3.63, 3.8) is 0 Å². The molecule has 1 aromatic heterocycles. The average molecular weight is 235 g/mol. The minimum Gasteiger partial charge on any atom is -0.382 e. The van der Waals surface area contributed by atoms with Gasteiger partial charge in [0.2, 0.25) is 0 Å². The van der Waals surface area contributed by atoms with Gasteiger partial charge in [0.05, 0.1) is 0 Å². The van der Waals surface area contributed by atoms with Gasteiger partial charge < -0.3 is 5.32 Å². The summed E-state index contributed by atoms with van der Waals surface area (Å²) in [7, 11) is 0. The number of thiophene rings is 1. The summed E-state index contributed by atoms with van der Waals surface area (Å²) in [5.74, 6) is -0.179. The minimum atomic E-state index is -0.179. The molecule has 1 nitrogen and oxygen atoms in total. The highest BCUT2D eigenvalue weighted by molar-refractivity contribution is 7.08. The van der Waals surface area contributed by atoms with Crippen LogP contribution in [0, 0.1) is 5.82 Å². The topological polar surface area (TPSA) is 12.0 Å². The maximum Gasteiger partial charge on any atom is 0.123 e. The summed E-state index contributed by atoms with van der Waals surface area (Å²) < 4.78 is 12.7. The summed E-state index contributed by atoms with van der Waals surface area (Å²) in [5, 5.41) is 7.53. The fourth-order valence-electron chi connectivity index (χ4n) is 1.66. The second kappa shape index (κ2) is 5.12. The van der Waals surface area contributed by atoms with Crippen LogP contribution in [0.2, 0.25) is 0 Å². The van der Waals surface area contributed by atoms with Gasteiger partial charge in [0, 0.05) is 17.1 Å². The molecule has 1 unspecified atom stereocenters. The summed E-state index contributed by atoms with van der Waals surface area (Å²) in [6.07, 6.45) is 0.899. The Morgan fingerprint density at radius 3 is 2.62 bits per heavy atom. The summed E-state index contributed by atoms with van der Waals surface area (Å²) in [6.45, 7) is 2.13. The van der Waals surface area contributed by atoms with Crippen LogP contribution in [0.25, 0.3) is 0 Å². The van der Waals surface area contributed by atoms with Crippen molar-refractivity contribution >= 4 is 17.0 Å². The zero-order chi connectivity index (χ0) is 11.4. The van der Waals surface area contributed by atoms with E-state index in [0.717, 1.165) is 17.7 Å². The average Bonchev–Trinajstić information content (AvgIpc) is 2.74. The normalized spacial score (nSPS) is 12.4. The predicted molar refractivity (Wildman–Crippen MR) is 67.5 cm³/mol. The van der Waals surface area contributed by atoms with Gasteiger partial charge in [-0.2, -0.15) is 11.3 Å². The molecule has 0 spiro atoms. The van der Waals surface area contributed by atoms with Gasteiger partial charge in [-0.15, -0.1) is 0 Å². The van der Waals surface area contributed by atoms with Gasteiger partial charge in [0.25, 0.3) is 0 Å². The van der Waals surface area contributed by atoms with Crippen LogP contribution in [0.4, 0.5) is 10.1 Å². The maximum absolute atomic E-state index is 12.7. The zero-order valence-electron chi connectivity index (χ0n) is 9.11. The Balaban J connectivity index is 1.92. The third-order valence-corrected chi connectivity index (χ3v) is 3.07. The van der Waals surface area contributed by atoms with E-state index in [1.165, 1.54) is 12.1 Å². The van der Waals surface area contributed by atoms with Gasteiger partial charge in [-0.25, -0.2) is 4.39 Å². The number of rotatable bonds is 4. The molecule has 0 saturated heterocycles. The fourth-order valence-corrected chi connectivity index (χ4v) is 2.25. The van der Waals surface area contributed by atoms with Crippen molar-refractivity contribution in [3.05, 3.63) is 52.5 Å². The standard InChI is InChI=1S/C13H14FNS/c1-10(15-13-6-7-16-9-13)8-11-2-4-12(14)5-3-11/h2-7,9-10,15H,8H2,1H3. The lowest BCUT2D eigenvalue weighted by molar-refractivity contribution is 0.626. The van der Waals surface area contributed by atoms with Crippen LogP contribution >= 0.6 is 11.3 Å². The van der Waals surface area contributed by atoms with Crippen molar-refractivity contribution in [1.29, 1.82) is 0 Å². The molecule has 0 radical (unpaired) electrons. The number of halogens is 1. The Morgan fingerprint density at radius 2 is 2.00 bits per heavy atom. The molecular formula is C13H14FNS. The molecule has 2 rings (SSSR count). The first-order valence-electron chi connectivity index (χ1n) is 5.27. The molecule has 2 aromatic rings. The van der Waals surface area contributed by atoms with E-state index in [1.54, 1.807) is 11.3 Å². The monoisotopic (exact) mass is 235 g/mol. The van der Waals surface area contributed by atoms with Crippen LogP contribution in [-0.4, -0.2) is 6.04 Å². The number of hydrogen-bond donors (Lipinski definition) is 1. The van der Waals surface area contributed by atoms with E-state index in [4.69, 9.17) is 0 Å². The van der Waals surface area contributed by atoms with Gasteiger partial charge in [-0.1, -0.05) is 12.1 Å². The van der Waals surface area contributed by atoms with E-state index in [9.17, 15) is 4.39 Å². The van der Waals surface area contributed by atoms with E-state index in [-0.39, 0.29) is 5.82 Å². The summed E-state index contributed by atoms with van der Waals surface area (Å²) in [5.41, 5.74) is 2.30. The van der Waals surface area contributed by atoms with Crippen molar-refractivity contribution < 1.29 is 4.39 Å². The van der Waals surface area contributed by atoms with Gasteiger partial charge in [0.15, 0.2) is 0 Å². The number of hydrogen-bond acceptors (Lipinski definition) is 2. The second-order valence-electron chi connectivity index (χ2n) is 3.89. The fraction of sp³-hybridized carbons (Fsp3) is 0.231. The minimum absolute atomic E-state index is 0.179. The van der Waals surface area contributed by atoms with Gasteiger partial charge in [0.1, 0.15) is 5.82 Å². The first kappa shape index (κ1) is 11.1. The highest BCUT2D eigenvalue weighted by Gasteiger charge is 2.03. The van der Waals surface area contributed by atoms with Crippen LogP contribution < -0.4 is 5.32 Å². The van der Waals surface area contributed by atoms with Gasteiger partial charge in [-0.05, 0) is 42.5 Å². The SMILES string of the molecule is CC(Cc1ccc(F)cc1)Nc1ccsc1. The van der Waals surface area contributed by atoms with Crippen LogP contribution in [0.3, 0.4) is 0 Å². The third-order valence-electron chi connectivity index (χ3n) is 2.39. The van der Waals surface area contributed by atoms with Crippen molar-refractivity contribution in [2.75, 3.05) is 5.32 Å². The molecule has 1 N–H and O–H groups in total. The van der Waals surface area contributed by atoms with Crippen LogP contribution in [0.1, 0.15) is 12.5 Å². The van der Waals surface area contributed by atoms with E-state index in [1.807, 2.05) is 17.5 Å². The molecule has 84 valence electrons. The Bertz CT molecular complexity index is 422. The second-order valence-corrected chi connectivity index (χ2v) is 4.67. The maximum atomic E-state index is 12.7. The van der Waals surface area contributed by atoms with Crippen molar-refractivity contribution in [3.8, 4) is 0 Å². The molecule has 1 atom stereocenters. The predicted octanol–water partition coefficient (Wildman–Crippen LogP) is 3.93. The highest BCUT2D eigenvalue weighted by atomic mass is 32.1. The first-order valence-corrected chi connectivity index (χ1v) is 6.21. The van der Waals surface area contributed by atoms with Crippen LogP contribution in [0.5, 0.6) is 0 Å². The van der Waals surface area contributed by atoms with E-state index < -0.39 is 0 Å². The molecule has 1 heterocycles. The number of anilines is 1. The molecule has 0 saturated carbocycles. The summed E-state index contributed by atoms with van der Waals surface area (Å²) in [4.78, 5) is 0. The summed E-state index contributed by atoms with van der Waals surface area (Å²) in [6, 6.07) is 9.09. The van der Waals surface area contributed by atoms with Crippen LogP contribution in [-0.2, 0) is 6.42 Å². The van der Waals surface area contributed by atoms with Gasteiger partial charge in [-0.3, -0.25) is 0 Å². The highest BCUT2D eigenvalue weighted by Crippen LogP contribution is 2.15. The lowest BCUT2D eigenvalue weighted by Gasteiger charge is -2.13. The van der Waals surface area contributed by atoms with E-state index >= 15 is 0 Å². The third kappa shape index (κ3) is 3.07. The molecule has 1 aromatic carbocycles. The Morgan fingerprint density at radius 1 is 1.25 bits per heavy atom. The van der Waals surface area contributed by atoms with Crippen LogP contribution in [0.15, 0.2) is 41.1 Å². The quantitative estimate of drug-likeness (QED) is 0.846. The Hall–Kier alpha value is -1.35. The Kier molecular flexibility index (Phi) is 3.57. The van der Waals surface area contributed by atoms with E-state index in [0.29, 0.717) is 6.04 Å². The smallest absolute Gasteiger partial charge is 0.123 e. The molecule has 16 heavy (non-hydrogen) atoms.